The summed E-state index contributed by atoms with van der Waals surface area (Å²) in [5.74, 6) is -0.301. The fourth-order valence-corrected chi connectivity index (χ4v) is 1.64. The van der Waals surface area contributed by atoms with Crippen LogP contribution in [0.5, 0.6) is 0 Å². The molecule has 0 bridgehead atoms. The first-order valence-electron chi connectivity index (χ1n) is 6.42. The van der Waals surface area contributed by atoms with Gasteiger partial charge >= 0.3 is 0 Å². The van der Waals surface area contributed by atoms with E-state index in [0.717, 1.165) is 5.56 Å². The Morgan fingerprint density at radius 1 is 1.16 bits per heavy atom. The summed E-state index contributed by atoms with van der Waals surface area (Å²) in [7, 11) is 1.75. The lowest BCUT2D eigenvalue weighted by Gasteiger charge is -2.29. The molecule has 1 rings (SSSR count). The molecule has 4 heteroatoms. The molecule has 0 saturated heterocycles. The molecular weight excluding hydrogens is 243 g/mol. The number of likely N-dealkylation sites (N-methyl/N-ethyl adjacent to an activating group) is 1. The fourth-order valence-electron chi connectivity index (χ4n) is 1.64. The van der Waals surface area contributed by atoms with Crippen molar-refractivity contribution >= 4 is 5.91 Å². The zero-order chi connectivity index (χ0) is 14.7. The smallest absolute Gasteiger partial charge is 0.239 e. The Labute approximate surface area is 114 Å². The Kier molecular flexibility index (Phi) is 4.69. The molecule has 0 aliphatic heterocycles. The lowest BCUT2D eigenvalue weighted by Crippen LogP contribution is -2.53. The number of hydrogen-bond acceptors (Lipinski definition) is 2. The van der Waals surface area contributed by atoms with Crippen molar-refractivity contribution in [3.05, 3.63) is 35.6 Å². The minimum atomic E-state index is -0.598. The third-order valence-electron chi connectivity index (χ3n) is 3.51. The predicted molar refractivity (Wildman–Crippen MR) is 75.6 cm³/mol. The highest BCUT2D eigenvalue weighted by Crippen LogP contribution is 2.22. The van der Waals surface area contributed by atoms with E-state index in [4.69, 9.17) is 0 Å². The van der Waals surface area contributed by atoms with E-state index in [1.807, 2.05) is 27.7 Å². The molecule has 19 heavy (non-hydrogen) atoms. The van der Waals surface area contributed by atoms with Gasteiger partial charge in [0, 0.05) is 12.0 Å². The number of nitrogens with one attached hydrogen (secondary N) is 2. The molecule has 0 spiro atoms. The van der Waals surface area contributed by atoms with Crippen molar-refractivity contribution in [1.29, 1.82) is 0 Å². The van der Waals surface area contributed by atoms with Crippen LogP contribution < -0.4 is 10.6 Å². The van der Waals surface area contributed by atoms with E-state index in [2.05, 4.69) is 10.6 Å². The van der Waals surface area contributed by atoms with Crippen LogP contribution in [0.15, 0.2) is 24.3 Å². The van der Waals surface area contributed by atoms with Crippen LogP contribution in [-0.2, 0) is 10.2 Å². The van der Waals surface area contributed by atoms with Crippen LogP contribution in [0.25, 0.3) is 0 Å². The van der Waals surface area contributed by atoms with Crippen LogP contribution in [0.1, 0.15) is 33.3 Å². The SMILES string of the molecule is CNC(C)(C)C(=O)NCC(C)(C)c1ccc(F)cc1. The molecule has 0 aromatic heterocycles. The molecule has 1 aromatic carbocycles. The van der Waals surface area contributed by atoms with E-state index in [0.29, 0.717) is 6.54 Å². The second-order valence-corrected chi connectivity index (χ2v) is 5.95. The van der Waals surface area contributed by atoms with Crippen LogP contribution in [0.4, 0.5) is 4.39 Å². The first-order chi connectivity index (χ1) is 8.69. The zero-order valence-corrected chi connectivity index (χ0v) is 12.3. The van der Waals surface area contributed by atoms with Crippen LogP contribution in [-0.4, -0.2) is 25.0 Å². The number of rotatable bonds is 5. The Morgan fingerprint density at radius 2 is 1.68 bits per heavy atom. The first kappa shape index (κ1) is 15.6. The van der Waals surface area contributed by atoms with Gasteiger partial charge in [0.1, 0.15) is 5.82 Å². The number of halogens is 1. The molecular formula is C15H23FN2O. The van der Waals surface area contributed by atoms with Gasteiger partial charge in [-0.25, -0.2) is 4.39 Å². The summed E-state index contributed by atoms with van der Waals surface area (Å²) < 4.78 is 12.9. The average Bonchev–Trinajstić information content (AvgIpc) is 2.36. The topological polar surface area (TPSA) is 41.1 Å². The van der Waals surface area contributed by atoms with Crippen molar-refractivity contribution in [3.63, 3.8) is 0 Å². The van der Waals surface area contributed by atoms with Gasteiger partial charge in [0.2, 0.25) is 5.91 Å². The quantitative estimate of drug-likeness (QED) is 0.858. The lowest BCUT2D eigenvalue weighted by atomic mass is 9.84. The number of benzene rings is 1. The van der Waals surface area contributed by atoms with Gasteiger partial charge in [0.05, 0.1) is 5.54 Å². The van der Waals surface area contributed by atoms with Crippen LogP contribution in [0, 0.1) is 5.82 Å². The monoisotopic (exact) mass is 266 g/mol. The number of carbonyl (C=O) groups excluding carboxylic acids is 1. The second kappa shape index (κ2) is 5.70. The third-order valence-corrected chi connectivity index (χ3v) is 3.51. The molecule has 1 amide bonds. The number of amides is 1. The predicted octanol–water partition coefficient (Wildman–Crippen LogP) is 2.22. The van der Waals surface area contributed by atoms with Gasteiger partial charge in [0.15, 0.2) is 0 Å². The Balaban J connectivity index is 2.70. The van der Waals surface area contributed by atoms with Crippen molar-refractivity contribution in [2.24, 2.45) is 0 Å². The summed E-state index contributed by atoms with van der Waals surface area (Å²) in [4.78, 5) is 12.0. The minimum absolute atomic E-state index is 0.0508. The lowest BCUT2D eigenvalue weighted by molar-refractivity contribution is -0.126. The van der Waals surface area contributed by atoms with Gasteiger partial charge in [0.25, 0.3) is 0 Å². The van der Waals surface area contributed by atoms with Gasteiger partial charge in [-0.2, -0.15) is 0 Å². The summed E-state index contributed by atoms with van der Waals surface area (Å²) in [6, 6.07) is 6.39. The average molecular weight is 266 g/mol. The molecule has 0 radical (unpaired) electrons. The Bertz CT molecular complexity index is 438. The summed E-state index contributed by atoms with van der Waals surface area (Å²) in [6.07, 6.45) is 0. The molecule has 2 N–H and O–H groups in total. The van der Waals surface area contributed by atoms with E-state index in [1.165, 1.54) is 12.1 Å². The molecule has 0 atom stereocenters. The largest absolute Gasteiger partial charge is 0.354 e. The van der Waals surface area contributed by atoms with Crippen molar-refractivity contribution in [2.75, 3.05) is 13.6 Å². The van der Waals surface area contributed by atoms with Crippen molar-refractivity contribution in [1.82, 2.24) is 10.6 Å². The summed E-state index contributed by atoms with van der Waals surface area (Å²) >= 11 is 0. The van der Waals surface area contributed by atoms with Crippen molar-refractivity contribution < 1.29 is 9.18 Å². The van der Waals surface area contributed by atoms with Crippen molar-refractivity contribution in [2.45, 2.75) is 38.6 Å². The molecule has 0 heterocycles. The van der Waals surface area contributed by atoms with Gasteiger partial charge in [-0.05, 0) is 38.6 Å². The van der Waals surface area contributed by atoms with Gasteiger partial charge in [-0.15, -0.1) is 0 Å². The molecule has 3 nitrogen and oxygen atoms in total. The standard InChI is InChI=1S/C15H23FN2O/c1-14(2,11-6-8-12(16)9-7-11)10-18-13(19)15(3,4)17-5/h6-9,17H,10H2,1-5H3,(H,18,19). The fraction of sp³-hybridized carbons (Fsp3) is 0.533. The highest BCUT2D eigenvalue weighted by Gasteiger charge is 2.28. The van der Waals surface area contributed by atoms with Crippen LogP contribution >= 0.6 is 0 Å². The normalized spacial score (nSPS) is 12.3. The molecule has 0 aliphatic carbocycles. The molecule has 0 fully saturated rings. The highest BCUT2D eigenvalue weighted by molar-refractivity contribution is 5.85. The summed E-state index contributed by atoms with van der Waals surface area (Å²) in [5.41, 5.74) is 0.156. The highest BCUT2D eigenvalue weighted by atomic mass is 19.1. The van der Waals surface area contributed by atoms with Crippen molar-refractivity contribution in [3.8, 4) is 0 Å². The maximum Gasteiger partial charge on any atom is 0.239 e. The third kappa shape index (κ3) is 4.03. The van der Waals surface area contributed by atoms with E-state index in [1.54, 1.807) is 19.2 Å². The Morgan fingerprint density at radius 3 is 2.16 bits per heavy atom. The summed E-state index contributed by atoms with van der Waals surface area (Å²) in [5, 5.41) is 5.89. The van der Waals surface area contributed by atoms with E-state index in [-0.39, 0.29) is 17.1 Å². The van der Waals surface area contributed by atoms with E-state index in [9.17, 15) is 9.18 Å². The molecule has 0 unspecified atom stereocenters. The van der Waals surface area contributed by atoms with Crippen LogP contribution in [0.2, 0.25) is 0 Å². The second-order valence-electron chi connectivity index (χ2n) is 5.95. The first-order valence-corrected chi connectivity index (χ1v) is 6.42. The molecule has 0 saturated carbocycles. The van der Waals surface area contributed by atoms with Gasteiger partial charge < -0.3 is 10.6 Å². The van der Waals surface area contributed by atoms with E-state index >= 15 is 0 Å². The zero-order valence-electron chi connectivity index (χ0n) is 12.3. The number of carbonyl (C=O) groups is 1. The Hall–Kier alpha value is -1.42. The van der Waals surface area contributed by atoms with Crippen LogP contribution in [0.3, 0.4) is 0 Å². The summed E-state index contributed by atoms with van der Waals surface area (Å²) in [6.45, 7) is 8.20. The molecule has 1 aromatic rings. The van der Waals surface area contributed by atoms with Gasteiger partial charge in [-0.1, -0.05) is 26.0 Å². The molecule has 0 aliphatic rings. The molecule has 106 valence electrons. The van der Waals surface area contributed by atoms with E-state index < -0.39 is 5.54 Å². The maximum absolute atomic E-state index is 12.9. The minimum Gasteiger partial charge on any atom is -0.354 e. The number of hydrogen-bond donors (Lipinski definition) is 2. The maximum atomic E-state index is 12.9. The van der Waals surface area contributed by atoms with Gasteiger partial charge in [-0.3, -0.25) is 4.79 Å².